The number of rotatable bonds is 7. The lowest BCUT2D eigenvalue weighted by molar-refractivity contribution is -0.121. The Morgan fingerprint density at radius 2 is 1.82 bits per heavy atom. The average molecular weight is 236 g/mol. The third-order valence-electron chi connectivity index (χ3n) is 3.05. The number of hydrogen-bond donors (Lipinski definition) is 0. The summed E-state index contributed by atoms with van der Waals surface area (Å²) in [6.45, 7) is 7.88. The predicted molar refractivity (Wildman–Crippen MR) is 70.6 cm³/mol. The predicted octanol–water partition coefficient (Wildman–Crippen LogP) is 3.39. The van der Waals surface area contributed by atoms with E-state index in [0.29, 0.717) is 32.1 Å². The fraction of sp³-hybridized carbons (Fsp3) is 0.733. The van der Waals surface area contributed by atoms with Gasteiger partial charge in [0.25, 0.3) is 0 Å². The number of terminal acetylenes is 1. The molecule has 17 heavy (non-hydrogen) atoms. The second-order valence-electron chi connectivity index (χ2n) is 5.77. The standard InChI is InChI=1S/C15H24O2/c1-6-8-13(15(3,4)5)11-14(17)10-7-9-12(2)16/h1,13H,7-11H2,2-5H3. The van der Waals surface area contributed by atoms with E-state index in [2.05, 4.69) is 26.7 Å². The average Bonchev–Trinajstić information content (AvgIpc) is 2.15. The van der Waals surface area contributed by atoms with Crippen LogP contribution < -0.4 is 0 Å². The lowest BCUT2D eigenvalue weighted by Crippen LogP contribution is -2.23. The van der Waals surface area contributed by atoms with Crippen molar-refractivity contribution < 1.29 is 9.59 Å². The molecule has 2 heteroatoms. The van der Waals surface area contributed by atoms with Crippen LogP contribution in [0.25, 0.3) is 0 Å². The molecule has 0 spiro atoms. The van der Waals surface area contributed by atoms with E-state index in [4.69, 9.17) is 6.42 Å². The van der Waals surface area contributed by atoms with Gasteiger partial charge < -0.3 is 4.79 Å². The van der Waals surface area contributed by atoms with Crippen LogP contribution in [0.4, 0.5) is 0 Å². The van der Waals surface area contributed by atoms with Gasteiger partial charge in [0, 0.05) is 25.7 Å². The molecule has 0 aliphatic rings. The number of carbonyl (C=O) groups is 2. The van der Waals surface area contributed by atoms with E-state index in [0.717, 1.165) is 0 Å². The van der Waals surface area contributed by atoms with E-state index in [1.807, 2.05) is 0 Å². The minimum Gasteiger partial charge on any atom is -0.300 e. The number of ketones is 2. The normalized spacial score (nSPS) is 12.9. The molecule has 0 bridgehead atoms. The second-order valence-corrected chi connectivity index (χ2v) is 5.77. The Balaban J connectivity index is 4.14. The molecule has 0 aliphatic carbocycles. The molecule has 0 fully saturated rings. The van der Waals surface area contributed by atoms with Crippen molar-refractivity contribution in [2.75, 3.05) is 0 Å². The third kappa shape index (κ3) is 7.74. The zero-order chi connectivity index (χ0) is 13.5. The molecule has 0 aliphatic heterocycles. The minimum atomic E-state index is 0.0581. The SMILES string of the molecule is C#CCC(CC(=O)CCCC(C)=O)C(C)(C)C. The summed E-state index contributed by atoms with van der Waals surface area (Å²) in [6.07, 6.45) is 8.18. The van der Waals surface area contributed by atoms with E-state index in [-0.39, 0.29) is 22.9 Å². The van der Waals surface area contributed by atoms with Gasteiger partial charge >= 0.3 is 0 Å². The highest BCUT2D eigenvalue weighted by atomic mass is 16.1. The summed E-state index contributed by atoms with van der Waals surface area (Å²) in [7, 11) is 0. The van der Waals surface area contributed by atoms with Crippen molar-refractivity contribution in [2.45, 2.75) is 59.8 Å². The van der Waals surface area contributed by atoms with Crippen molar-refractivity contribution in [3.8, 4) is 12.3 Å². The quantitative estimate of drug-likeness (QED) is 0.635. The van der Waals surface area contributed by atoms with Gasteiger partial charge in [0.05, 0.1) is 0 Å². The topological polar surface area (TPSA) is 34.1 Å². The van der Waals surface area contributed by atoms with Crippen LogP contribution in [0.2, 0.25) is 0 Å². The summed E-state index contributed by atoms with van der Waals surface area (Å²) < 4.78 is 0. The van der Waals surface area contributed by atoms with Gasteiger partial charge in [-0.1, -0.05) is 20.8 Å². The molecule has 0 N–H and O–H groups in total. The summed E-state index contributed by atoms with van der Waals surface area (Å²) in [4.78, 5) is 22.5. The van der Waals surface area contributed by atoms with Crippen molar-refractivity contribution in [3.63, 3.8) is 0 Å². The zero-order valence-corrected chi connectivity index (χ0v) is 11.5. The molecular formula is C15H24O2. The Kier molecular flexibility index (Phi) is 6.80. The maximum Gasteiger partial charge on any atom is 0.133 e. The van der Waals surface area contributed by atoms with Gasteiger partial charge in [-0.25, -0.2) is 0 Å². The highest BCUT2D eigenvalue weighted by Crippen LogP contribution is 2.31. The summed E-state index contributed by atoms with van der Waals surface area (Å²) in [5.41, 5.74) is 0.0581. The minimum absolute atomic E-state index is 0.0581. The van der Waals surface area contributed by atoms with Gasteiger partial charge in [0.2, 0.25) is 0 Å². The first kappa shape index (κ1) is 15.9. The number of Topliss-reactive ketones (excluding diaryl/α,β-unsaturated/α-hetero) is 2. The lowest BCUT2D eigenvalue weighted by atomic mass is 9.76. The molecule has 0 saturated carbocycles. The summed E-state index contributed by atoms with van der Waals surface area (Å²) in [5, 5.41) is 0. The van der Waals surface area contributed by atoms with E-state index in [1.54, 1.807) is 6.92 Å². The van der Waals surface area contributed by atoms with Crippen molar-refractivity contribution in [2.24, 2.45) is 11.3 Å². The van der Waals surface area contributed by atoms with Crippen LogP contribution in [0, 0.1) is 23.7 Å². The summed E-state index contributed by atoms with van der Waals surface area (Å²) in [5.74, 6) is 3.25. The van der Waals surface area contributed by atoms with Crippen LogP contribution in [-0.2, 0) is 9.59 Å². The second kappa shape index (κ2) is 7.27. The van der Waals surface area contributed by atoms with Crippen molar-refractivity contribution in [1.29, 1.82) is 0 Å². The van der Waals surface area contributed by atoms with Crippen LogP contribution in [0.15, 0.2) is 0 Å². The monoisotopic (exact) mass is 236 g/mol. The molecule has 0 rings (SSSR count). The van der Waals surface area contributed by atoms with Crippen LogP contribution >= 0.6 is 0 Å². The fourth-order valence-electron chi connectivity index (χ4n) is 1.74. The van der Waals surface area contributed by atoms with Gasteiger partial charge in [0.15, 0.2) is 0 Å². The molecular weight excluding hydrogens is 212 g/mol. The molecule has 1 unspecified atom stereocenters. The molecule has 0 amide bonds. The largest absolute Gasteiger partial charge is 0.300 e. The van der Waals surface area contributed by atoms with Gasteiger partial charge in [-0.3, -0.25) is 4.79 Å². The van der Waals surface area contributed by atoms with Crippen molar-refractivity contribution in [3.05, 3.63) is 0 Å². The molecule has 2 nitrogen and oxygen atoms in total. The van der Waals surface area contributed by atoms with Gasteiger partial charge in [-0.05, 0) is 24.7 Å². The van der Waals surface area contributed by atoms with Gasteiger partial charge in [0.1, 0.15) is 11.6 Å². The first-order valence-electron chi connectivity index (χ1n) is 6.22. The van der Waals surface area contributed by atoms with E-state index >= 15 is 0 Å². The lowest BCUT2D eigenvalue weighted by Gasteiger charge is -2.28. The Morgan fingerprint density at radius 3 is 2.24 bits per heavy atom. The highest BCUT2D eigenvalue weighted by molar-refractivity contribution is 5.80. The molecule has 0 aromatic carbocycles. The number of hydrogen-bond acceptors (Lipinski definition) is 2. The zero-order valence-electron chi connectivity index (χ0n) is 11.5. The first-order valence-corrected chi connectivity index (χ1v) is 6.22. The Morgan fingerprint density at radius 1 is 1.24 bits per heavy atom. The van der Waals surface area contributed by atoms with Crippen LogP contribution in [0.5, 0.6) is 0 Å². The third-order valence-corrected chi connectivity index (χ3v) is 3.05. The maximum absolute atomic E-state index is 11.8. The van der Waals surface area contributed by atoms with Crippen LogP contribution in [0.3, 0.4) is 0 Å². The molecule has 96 valence electrons. The molecule has 0 aromatic rings. The number of carbonyl (C=O) groups excluding carboxylic acids is 2. The van der Waals surface area contributed by atoms with Crippen LogP contribution in [0.1, 0.15) is 59.8 Å². The maximum atomic E-state index is 11.8. The molecule has 0 aromatic heterocycles. The van der Waals surface area contributed by atoms with Crippen LogP contribution in [-0.4, -0.2) is 11.6 Å². The van der Waals surface area contributed by atoms with E-state index in [9.17, 15) is 9.59 Å². The smallest absolute Gasteiger partial charge is 0.133 e. The Bertz CT molecular complexity index is 302. The van der Waals surface area contributed by atoms with E-state index < -0.39 is 0 Å². The van der Waals surface area contributed by atoms with Crippen molar-refractivity contribution in [1.82, 2.24) is 0 Å². The summed E-state index contributed by atoms with van der Waals surface area (Å²) >= 11 is 0. The first-order chi connectivity index (χ1) is 7.77. The Hall–Kier alpha value is -1.10. The highest BCUT2D eigenvalue weighted by Gasteiger charge is 2.25. The van der Waals surface area contributed by atoms with Gasteiger partial charge in [-0.2, -0.15) is 0 Å². The Labute approximate surface area is 105 Å². The molecule has 0 saturated heterocycles. The fourth-order valence-corrected chi connectivity index (χ4v) is 1.74. The molecule has 1 atom stereocenters. The van der Waals surface area contributed by atoms with E-state index in [1.165, 1.54) is 0 Å². The van der Waals surface area contributed by atoms with Crippen molar-refractivity contribution >= 4 is 11.6 Å². The van der Waals surface area contributed by atoms with Gasteiger partial charge in [-0.15, -0.1) is 12.3 Å². The summed E-state index contributed by atoms with van der Waals surface area (Å²) in [6, 6.07) is 0. The molecule has 0 heterocycles. The molecule has 0 radical (unpaired) electrons.